The highest BCUT2D eigenvalue weighted by Crippen LogP contribution is 2.17. The third kappa shape index (κ3) is 4.33. The van der Waals surface area contributed by atoms with E-state index in [-0.39, 0.29) is 23.0 Å². The number of esters is 1. The molecule has 0 aliphatic heterocycles. The molecule has 1 aromatic rings. The van der Waals surface area contributed by atoms with E-state index in [0.29, 0.717) is 17.6 Å². The van der Waals surface area contributed by atoms with Crippen molar-refractivity contribution in [1.82, 2.24) is 4.48 Å². The molecule has 0 radical (unpaired) electrons. The van der Waals surface area contributed by atoms with Crippen molar-refractivity contribution in [1.29, 1.82) is 0 Å². The molecule has 0 fully saturated rings. The number of para-hydroxylation sites is 1. The molecule has 0 heterocycles. The number of ether oxygens (including phenoxy) is 1. The van der Waals surface area contributed by atoms with Gasteiger partial charge in [-0.25, -0.2) is 4.79 Å². The summed E-state index contributed by atoms with van der Waals surface area (Å²) in [4.78, 5) is 11.4. The average Bonchev–Trinajstić information content (AvgIpc) is 2.18. The van der Waals surface area contributed by atoms with E-state index in [0.717, 1.165) is 5.69 Å². The van der Waals surface area contributed by atoms with Crippen LogP contribution in [0.4, 0.5) is 5.69 Å². The van der Waals surface area contributed by atoms with Gasteiger partial charge >= 0.3 is 5.97 Å². The van der Waals surface area contributed by atoms with Crippen LogP contribution in [0.15, 0.2) is 30.3 Å². The molecule has 90 valence electrons. The fourth-order valence-corrected chi connectivity index (χ4v) is 1.45. The number of benzene rings is 1. The fraction of sp³-hybridized carbons (Fsp3) is 0.417. The van der Waals surface area contributed by atoms with Gasteiger partial charge in [-0.05, 0) is 19.1 Å². The van der Waals surface area contributed by atoms with Crippen LogP contribution in [0.5, 0.6) is 0 Å². The molecule has 0 aliphatic rings. The van der Waals surface area contributed by atoms with Gasteiger partial charge in [0.25, 0.3) is 0 Å². The van der Waals surface area contributed by atoms with Gasteiger partial charge in [-0.2, -0.15) is 0 Å². The lowest BCUT2D eigenvalue weighted by atomic mass is 10.2. The quantitative estimate of drug-likeness (QED) is 0.515. The van der Waals surface area contributed by atoms with Crippen LogP contribution in [0, 0.1) is 0 Å². The number of hydrogen-bond donors (Lipinski definition) is 0. The first-order valence-electron chi connectivity index (χ1n) is 5.10. The fourth-order valence-electron chi connectivity index (χ4n) is 1.45. The smallest absolute Gasteiger partial charge is 0.362 e. The Balaban J connectivity index is 0.00000225. The SMILES string of the molecule is CCOC(=O)C[N+](C)(C)c1ccccc1.[Br-]. The highest BCUT2D eigenvalue weighted by atomic mass is 79.9. The Hall–Kier alpha value is -0.870. The first kappa shape index (κ1) is 15.1. The second-order valence-corrected chi connectivity index (χ2v) is 3.98. The van der Waals surface area contributed by atoms with Crippen LogP contribution in [-0.2, 0) is 9.53 Å². The molecule has 0 aliphatic carbocycles. The van der Waals surface area contributed by atoms with Crippen LogP contribution in [0.25, 0.3) is 0 Å². The molecular formula is C12H18BrNO2. The molecule has 0 unspecified atom stereocenters. The molecule has 0 saturated heterocycles. The summed E-state index contributed by atoms with van der Waals surface area (Å²) in [6.07, 6.45) is 0. The maximum absolute atomic E-state index is 11.4. The lowest BCUT2D eigenvalue weighted by Crippen LogP contribution is -3.00. The number of likely N-dealkylation sites (N-methyl/N-ethyl adjacent to an activating group) is 1. The van der Waals surface area contributed by atoms with Gasteiger partial charge in [0.1, 0.15) is 5.69 Å². The zero-order valence-corrected chi connectivity index (χ0v) is 11.5. The van der Waals surface area contributed by atoms with Crippen molar-refractivity contribution >= 4 is 11.7 Å². The van der Waals surface area contributed by atoms with E-state index < -0.39 is 0 Å². The maximum atomic E-state index is 11.4. The lowest BCUT2D eigenvalue weighted by molar-refractivity contribution is -0.143. The molecule has 0 bridgehead atoms. The summed E-state index contributed by atoms with van der Waals surface area (Å²) in [6.45, 7) is 2.62. The molecule has 0 atom stereocenters. The van der Waals surface area contributed by atoms with Crippen molar-refractivity contribution in [3.05, 3.63) is 30.3 Å². The summed E-state index contributed by atoms with van der Waals surface area (Å²) >= 11 is 0. The number of halogens is 1. The van der Waals surface area contributed by atoms with Gasteiger partial charge in [0.05, 0.1) is 20.7 Å². The van der Waals surface area contributed by atoms with Crippen LogP contribution in [0.2, 0.25) is 0 Å². The molecule has 16 heavy (non-hydrogen) atoms. The molecule has 1 rings (SSSR count). The number of carbonyl (C=O) groups is 1. The Morgan fingerprint density at radius 1 is 1.25 bits per heavy atom. The van der Waals surface area contributed by atoms with E-state index in [9.17, 15) is 4.79 Å². The van der Waals surface area contributed by atoms with Gasteiger partial charge in [-0.15, -0.1) is 0 Å². The van der Waals surface area contributed by atoms with E-state index in [1.54, 1.807) is 0 Å². The summed E-state index contributed by atoms with van der Waals surface area (Å²) in [6, 6.07) is 9.94. The molecule has 3 nitrogen and oxygen atoms in total. The van der Waals surface area contributed by atoms with Crippen LogP contribution in [0.1, 0.15) is 6.92 Å². The molecule has 0 spiro atoms. The van der Waals surface area contributed by atoms with Crippen LogP contribution < -0.4 is 21.5 Å². The number of nitrogens with zero attached hydrogens (tertiary/aromatic N) is 1. The molecule has 0 aromatic heterocycles. The second kappa shape index (κ2) is 6.66. The Labute approximate surface area is 107 Å². The van der Waals surface area contributed by atoms with Crippen molar-refractivity contribution < 1.29 is 26.5 Å². The molecule has 1 aromatic carbocycles. The van der Waals surface area contributed by atoms with Crippen molar-refractivity contribution in [2.45, 2.75) is 6.92 Å². The van der Waals surface area contributed by atoms with E-state index in [4.69, 9.17) is 4.74 Å². The van der Waals surface area contributed by atoms with Crippen molar-refractivity contribution in [3.63, 3.8) is 0 Å². The van der Waals surface area contributed by atoms with Gasteiger partial charge in [-0.3, -0.25) is 4.48 Å². The third-order valence-electron chi connectivity index (χ3n) is 2.28. The second-order valence-electron chi connectivity index (χ2n) is 3.98. The van der Waals surface area contributed by atoms with E-state index in [1.807, 2.05) is 51.4 Å². The first-order chi connectivity index (χ1) is 7.06. The van der Waals surface area contributed by atoms with Gasteiger partial charge in [-0.1, -0.05) is 18.2 Å². The number of hydrogen-bond acceptors (Lipinski definition) is 2. The molecule has 0 saturated carbocycles. The van der Waals surface area contributed by atoms with Crippen LogP contribution >= 0.6 is 0 Å². The minimum atomic E-state index is -0.161. The largest absolute Gasteiger partial charge is 1.00 e. The van der Waals surface area contributed by atoms with Gasteiger partial charge < -0.3 is 21.7 Å². The standard InChI is InChI=1S/C12H18NO2.BrH/c1-4-15-12(14)10-13(2,3)11-8-6-5-7-9-11;/h5-9H,4,10H2,1-3H3;1H/q+1;/p-1. The maximum Gasteiger partial charge on any atom is 0.362 e. The summed E-state index contributed by atoms with van der Waals surface area (Å²) in [5.41, 5.74) is 1.10. The molecular weight excluding hydrogens is 270 g/mol. The predicted octanol–water partition coefficient (Wildman–Crippen LogP) is -1.18. The van der Waals surface area contributed by atoms with Gasteiger partial charge in [0, 0.05) is 0 Å². The average molecular weight is 288 g/mol. The van der Waals surface area contributed by atoms with Crippen molar-refractivity contribution in [2.75, 3.05) is 27.2 Å². The monoisotopic (exact) mass is 287 g/mol. The summed E-state index contributed by atoms with van der Waals surface area (Å²) in [5, 5.41) is 0. The number of quaternary nitrogens is 1. The molecule has 0 N–H and O–H groups in total. The molecule has 4 heteroatoms. The number of carbonyl (C=O) groups excluding carboxylic acids is 1. The van der Waals surface area contributed by atoms with Crippen LogP contribution in [0.3, 0.4) is 0 Å². The highest BCUT2D eigenvalue weighted by Gasteiger charge is 2.23. The number of rotatable bonds is 4. The molecule has 0 amide bonds. The van der Waals surface area contributed by atoms with Gasteiger partial charge in [0.2, 0.25) is 0 Å². The lowest BCUT2D eigenvalue weighted by Gasteiger charge is -2.27. The third-order valence-corrected chi connectivity index (χ3v) is 2.28. The minimum Gasteiger partial charge on any atom is -1.00 e. The Morgan fingerprint density at radius 3 is 2.31 bits per heavy atom. The Kier molecular flexibility index (Phi) is 6.29. The zero-order valence-electron chi connectivity index (χ0n) is 9.94. The zero-order chi connectivity index (χ0) is 11.3. The highest BCUT2D eigenvalue weighted by molar-refractivity contribution is 5.74. The Bertz CT molecular complexity index is 325. The summed E-state index contributed by atoms with van der Waals surface area (Å²) < 4.78 is 5.46. The van der Waals surface area contributed by atoms with E-state index in [2.05, 4.69) is 0 Å². The summed E-state index contributed by atoms with van der Waals surface area (Å²) in [7, 11) is 3.98. The first-order valence-corrected chi connectivity index (χ1v) is 5.10. The van der Waals surface area contributed by atoms with Crippen LogP contribution in [-0.4, -0.2) is 33.2 Å². The van der Waals surface area contributed by atoms with E-state index >= 15 is 0 Å². The topological polar surface area (TPSA) is 26.3 Å². The normalized spacial score (nSPS) is 10.4. The van der Waals surface area contributed by atoms with Gasteiger partial charge in [0.15, 0.2) is 6.54 Å². The van der Waals surface area contributed by atoms with Crippen molar-refractivity contribution in [3.8, 4) is 0 Å². The van der Waals surface area contributed by atoms with Crippen molar-refractivity contribution in [2.24, 2.45) is 0 Å². The Morgan fingerprint density at radius 2 is 1.81 bits per heavy atom. The predicted molar refractivity (Wildman–Crippen MR) is 61.6 cm³/mol. The summed E-state index contributed by atoms with van der Waals surface area (Å²) in [5.74, 6) is -0.161. The van der Waals surface area contributed by atoms with E-state index in [1.165, 1.54) is 0 Å². The minimum absolute atomic E-state index is 0.